The molecule has 3 heterocycles. The molecule has 3 aromatic rings. The molecule has 0 aliphatic carbocycles. The molecule has 0 unspecified atom stereocenters. The van der Waals surface area contributed by atoms with Crippen LogP contribution in [-0.4, -0.2) is 25.2 Å². The predicted octanol–water partition coefficient (Wildman–Crippen LogP) is 3.33. The number of rotatable bonds is 7. The number of fused-ring (bicyclic) bond motifs is 3. The summed E-state index contributed by atoms with van der Waals surface area (Å²) in [5.74, 6) is 0.733. The summed E-state index contributed by atoms with van der Waals surface area (Å²) in [6.45, 7) is 6.15. The molecule has 1 aromatic carbocycles. The molecular weight excluding hydrogens is 366 g/mol. The normalized spacial score (nSPS) is 13.4. The fourth-order valence-corrected chi connectivity index (χ4v) is 4.12. The van der Waals surface area contributed by atoms with Crippen LogP contribution < -0.4 is 16.1 Å². The molecule has 29 heavy (non-hydrogen) atoms. The highest BCUT2D eigenvalue weighted by molar-refractivity contribution is 5.77. The number of aromatic nitrogens is 4. The van der Waals surface area contributed by atoms with Gasteiger partial charge in [0.15, 0.2) is 11.2 Å². The van der Waals surface area contributed by atoms with E-state index in [0.29, 0.717) is 24.3 Å². The zero-order valence-corrected chi connectivity index (χ0v) is 17.5. The first-order valence-electron chi connectivity index (χ1n) is 10.6. The van der Waals surface area contributed by atoms with E-state index in [4.69, 9.17) is 4.98 Å². The summed E-state index contributed by atoms with van der Waals surface area (Å²) >= 11 is 0. The van der Waals surface area contributed by atoms with Gasteiger partial charge in [-0.2, -0.15) is 4.98 Å². The average molecular weight is 396 g/mol. The Morgan fingerprint density at radius 3 is 2.45 bits per heavy atom. The van der Waals surface area contributed by atoms with E-state index in [-0.39, 0.29) is 11.2 Å². The van der Waals surface area contributed by atoms with Gasteiger partial charge in [0.2, 0.25) is 5.95 Å². The minimum atomic E-state index is -0.281. The SMILES string of the molecule is CCCCCCCn1c(=O)c2c(nc3n2CCN3c2ccc(C)cc2)n(C)c1=O. The first kappa shape index (κ1) is 19.5. The van der Waals surface area contributed by atoms with E-state index in [1.165, 1.54) is 27.5 Å². The van der Waals surface area contributed by atoms with Crippen molar-refractivity contribution >= 4 is 22.8 Å². The highest BCUT2D eigenvalue weighted by Gasteiger charge is 2.28. The first-order valence-corrected chi connectivity index (χ1v) is 10.6. The Balaban J connectivity index is 1.73. The van der Waals surface area contributed by atoms with Gasteiger partial charge in [-0.1, -0.05) is 50.3 Å². The quantitative estimate of drug-likeness (QED) is 0.576. The third-order valence-corrected chi connectivity index (χ3v) is 5.83. The van der Waals surface area contributed by atoms with Gasteiger partial charge in [-0.25, -0.2) is 4.79 Å². The Kier molecular flexibility index (Phi) is 5.30. The summed E-state index contributed by atoms with van der Waals surface area (Å²) in [6.07, 6.45) is 5.38. The lowest BCUT2D eigenvalue weighted by atomic mass is 10.1. The van der Waals surface area contributed by atoms with Gasteiger partial charge in [0.25, 0.3) is 5.56 Å². The molecule has 0 saturated heterocycles. The van der Waals surface area contributed by atoms with E-state index in [2.05, 4.69) is 43.0 Å². The van der Waals surface area contributed by atoms with Crippen molar-refractivity contribution in [3.63, 3.8) is 0 Å². The molecule has 0 bridgehead atoms. The smallest absolute Gasteiger partial charge is 0.310 e. The number of nitrogens with zero attached hydrogens (tertiary/aromatic N) is 5. The molecule has 0 amide bonds. The summed E-state index contributed by atoms with van der Waals surface area (Å²) in [7, 11) is 1.70. The highest BCUT2D eigenvalue weighted by Crippen LogP contribution is 2.31. The van der Waals surface area contributed by atoms with Crippen molar-refractivity contribution in [1.82, 2.24) is 18.7 Å². The van der Waals surface area contributed by atoms with Gasteiger partial charge < -0.3 is 9.47 Å². The molecule has 0 N–H and O–H groups in total. The Hall–Kier alpha value is -2.83. The summed E-state index contributed by atoms with van der Waals surface area (Å²) in [5, 5.41) is 0. The van der Waals surface area contributed by atoms with E-state index in [9.17, 15) is 9.59 Å². The number of imidazole rings is 1. The third-order valence-electron chi connectivity index (χ3n) is 5.83. The van der Waals surface area contributed by atoms with Crippen LogP contribution >= 0.6 is 0 Å². The van der Waals surface area contributed by atoms with Crippen LogP contribution in [0.4, 0.5) is 11.6 Å². The number of benzene rings is 1. The lowest BCUT2D eigenvalue weighted by molar-refractivity contribution is 0.531. The third kappa shape index (κ3) is 3.39. The monoisotopic (exact) mass is 395 g/mol. The van der Waals surface area contributed by atoms with Gasteiger partial charge in [0.05, 0.1) is 0 Å². The lowest BCUT2D eigenvalue weighted by Gasteiger charge is -2.16. The van der Waals surface area contributed by atoms with Crippen LogP contribution in [0.1, 0.15) is 44.6 Å². The molecule has 2 aromatic heterocycles. The minimum Gasteiger partial charge on any atom is -0.310 e. The average Bonchev–Trinajstić information content (AvgIpc) is 3.28. The Morgan fingerprint density at radius 2 is 1.72 bits per heavy atom. The zero-order valence-electron chi connectivity index (χ0n) is 17.5. The van der Waals surface area contributed by atoms with E-state index in [1.54, 1.807) is 7.05 Å². The molecule has 7 nitrogen and oxygen atoms in total. The van der Waals surface area contributed by atoms with Gasteiger partial charge in [0, 0.05) is 32.4 Å². The van der Waals surface area contributed by atoms with Crippen molar-refractivity contribution in [2.45, 2.75) is 59.0 Å². The molecule has 0 radical (unpaired) electrons. The van der Waals surface area contributed by atoms with Crippen molar-refractivity contribution in [2.24, 2.45) is 7.05 Å². The van der Waals surface area contributed by atoms with Crippen molar-refractivity contribution in [2.75, 3.05) is 11.4 Å². The van der Waals surface area contributed by atoms with Crippen LogP contribution in [0.3, 0.4) is 0 Å². The Labute approximate surface area is 170 Å². The van der Waals surface area contributed by atoms with Crippen LogP contribution in [-0.2, 0) is 20.1 Å². The highest BCUT2D eigenvalue weighted by atomic mass is 16.2. The molecular formula is C22H29N5O2. The second kappa shape index (κ2) is 7.89. The van der Waals surface area contributed by atoms with Crippen LogP contribution in [0.5, 0.6) is 0 Å². The standard InChI is InChI=1S/C22H29N5O2/c1-4-5-6-7-8-13-27-20(28)18-19(24(3)22(27)29)23-21-25(14-15-26(18)21)17-11-9-16(2)10-12-17/h9-12H,4-8,13-15H2,1-3H3. The van der Waals surface area contributed by atoms with E-state index in [0.717, 1.165) is 37.4 Å². The van der Waals surface area contributed by atoms with Gasteiger partial charge in [-0.3, -0.25) is 13.9 Å². The minimum absolute atomic E-state index is 0.219. The number of hydrogen-bond acceptors (Lipinski definition) is 4. The van der Waals surface area contributed by atoms with Crippen LogP contribution in [0.25, 0.3) is 11.2 Å². The zero-order chi connectivity index (χ0) is 20.5. The fraction of sp³-hybridized carbons (Fsp3) is 0.500. The summed E-state index contributed by atoms with van der Waals surface area (Å²) in [6, 6.07) is 8.28. The van der Waals surface area contributed by atoms with Gasteiger partial charge in [-0.15, -0.1) is 0 Å². The molecule has 0 fully saturated rings. The van der Waals surface area contributed by atoms with Crippen molar-refractivity contribution < 1.29 is 0 Å². The van der Waals surface area contributed by atoms with Gasteiger partial charge in [0.1, 0.15) is 0 Å². The summed E-state index contributed by atoms with van der Waals surface area (Å²) in [5.41, 5.74) is 2.75. The van der Waals surface area contributed by atoms with E-state index in [1.807, 2.05) is 4.57 Å². The number of hydrogen-bond donors (Lipinski definition) is 0. The maximum atomic E-state index is 13.2. The molecule has 0 spiro atoms. The molecule has 1 aliphatic heterocycles. The first-order chi connectivity index (χ1) is 14.0. The number of aryl methyl sites for hydroxylation is 2. The lowest BCUT2D eigenvalue weighted by Crippen LogP contribution is -2.39. The van der Waals surface area contributed by atoms with E-state index < -0.39 is 0 Å². The Bertz CT molecular complexity index is 1140. The molecule has 0 saturated carbocycles. The molecule has 1 aliphatic rings. The molecule has 154 valence electrons. The maximum absolute atomic E-state index is 13.2. The van der Waals surface area contributed by atoms with Crippen LogP contribution in [0.15, 0.2) is 33.9 Å². The van der Waals surface area contributed by atoms with E-state index >= 15 is 0 Å². The predicted molar refractivity (Wildman–Crippen MR) is 116 cm³/mol. The van der Waals surface area contributed by atoms with Crippen molar-refractivity contribution in [1.29, 1.82) is 0 Å². The molecule has 7 heteroatoms. The maximum Gasteiger partial charge on any atom is 0.332 e. The topological polar surface area (TPSA) is 65.1 Å². The number of anilines is 2. The molecule has 0 atom stereocenters. The fourth-order valence-electron chi connectivity index (χ4n) is 4.12. The number of unbranched alkanes of at least 4 members (excludes halogenated alkanes) is 4. The van der Waals surface area contributed by atoms with Crippen molar-refractivity contribution in [3.05, 3.63) is 50.7 Å². The Morgan fingerprint density at radius 1 is 1.00 bits per heavy atom. The van der Waals surface area contributed by atoms with Crippen LogP contribution in [0.2, 0.25) is 0 Å². The largest absolute Gasteiger partial charge is 0.332 e. The second-order valence-electron chi connectivity index (χ2n) is 7.94. The van der Waals surface area contributed by atoms with Crippen LogP contribution in [0, 0.1) is 6.92 Å². The molecule has 4 rings (SSSR count). The van der Waals surface area contributed by atoms with Gasteiger partial charge >= 0.3 is 5.69 Å². The summed E-state index contributed by atoms with van der Waals surface area (Å²) < 4.78 is 4.86. The summed E-state index contributed by atoms with van der Waals surface area (Å²) in [4.78, 5) is 32.8. The van der Waals surface area contributed by atoms with Crippen molar-refractivity contribution in [3.8, 4) is 0 Å². The second-order valence-corrected chi connectivity index (χ2v) is 7.94. The van der Waals surface area contributed by atoms with Gasteiger partial charge in [-0.05, 0) is 25.5 Å².